The van der Waals surface area contributed by atoms with Gasteiger partial charge in [-0.05, 0) is 122 Å². The van der Waals surface area contributed by atoms with E-state index in [1.54, 1.807) is 0 Å². The third-order valence-electron chi connectivity index (χ3n) is 12.8. The first-order valence-electron chi connectivity index (χ1n) is 28.2. The largest absolute Gasteiger partial charge is 0.519 e. The van der Waals surface area contributed by atoms with Crippen molar-refractivity contribution in [3.63, 3.8) is 0 Å². The van der Waals surface area contributed by atoms with Gasteiger partial charge in [0.05, 0.1) is 0 Å². The van der Waals surface area contributed by atoms with Gasteiger partial charge >= 0.3 is 18.5 Å². The van der Waals surface area contributed by atoms with Gasteiger partial charge in [-0.15, -0.1) is 0 Å². The molecule has 72 heavy (non-hydrogen) atoms. The van der Waals surface area contributed by atoms with Gasteiger partial charge in [-0.3, -0.25) is 0 Å². The summed E-state index contributed by atoms with van der Waals surface area (Å²) in [6.45, 7) is 9.01. The highest BCUT2D eigenvalue weighted by molar-refractivity contribution is 5.67. The van der Waals surface area contributed by atoms with E-state index in [9.17, 15) is 9.59 Å². The van der Waals surface area contributed by atoms with Crippen LogP contribution in [0.2, 0.25) is 0 Å². The van der Waals surface area contributed by atoms with Crippen molar-refractivity contribution in [3.05, 3.63) is 119 Å². The predicted octanol–water partition coefficient (Wildman–Crippen LogP) is 19.9. The Morgan fingerprint density at radius 1 is 0.278 bits per heavy atom. The van der Waals surface area contributed by atoms with Crippen LogP contribution in [0.3, 0.4) is 0 Å². The Labute approximate surface area is 435 Å². The standard InChI is InChI=1S/2C31H46O3.CH2O3/c2*1-3-5-7-9-11-13-15-17-27-19-23-29(24-20-27)33-31(32)34-30-25-21-28(22-26-30)18-16-14-12-10-8-6-4-2;2-1(3)4/h2*19-26H,3-18H2,1-2H3;(H2,2,3,4). The molecule has 0 saturated heterocycles. The van der Waals surface area contributed by atoms with Crippen molar-refractivity contribution in [1.29, 1.82) is 0 Å². The van der Waals surface area contributed by atoms with E-state index in [2.05, 4.69) is 27.7 Å². The van der Waals surface area contributed by atoms with Crippen LogP contribution in [-0.2, 0) is 25.7 Å². The van der Waals surface area contributed by atoms with Crippen molar-refractivity contribution < 1.29 is 43.5 Å². The molecule has 4 rings (SSSR count). The topological polar surface area (TPSA) is 129 Å². The van der Waals surface area contributed by atoms with E-state index in [0.29, 0.717) is 23.0 Å². The molecule has 0 heterocycles. The van der Waals surface area contributed by atoms with E-state index in [1.165, 1.54) is 202 Å². The first kappa shape index (κ1) is 62.8. The second-order valence-electron chi connectivity index (χ2n) is 19.3. The molecular formula is C63H94O9. The van der Waals surface area contributed by atoms with Gasteiger partial charge < -0.3 is 29.2 Å². The first-order chi connectivity index (χ1) is 35.1. The Hall–Kier alpha value is -5.31. The molecule has 0 fully saturated rings. The second-order valence-corrected chi connectivity index (χ2v) is 19.3. The Balaban J connectivity index is 0.000000459. The number of unbranched alkanes of at least 4 members (excludes halogenated alkanes) is 24. The molecular weight excluding hydrogens is 901 g/mol. The van der Waals surface area contributed by atoms with Crippen LogP contribution in [0.5, 0.6) is 23.0 Å². The molecule has 4 aromatic carbocycles. The Morgan fingerprint density at radius 2 is 0.431 bits per heavy atom. The molecule has 0 unspecified atom stereocenters. The SMILES string of the molecule is CCCCCCCCCc1ccc(OC(=O)Oc2ccc(CCCCCCCCC)cc2)cc1.CCCCCCCCCc1ccc(OC(=O)Oc2ccc(CCCCCCCCC)cc2)cc1.O=C(O)O. The number of hydrogen-bond donors (Lipinski definition) is 2. The van der Waals surface area contributed by atoms with E-state index < -0.39 is 18.5 Å². The number of carbonyl (C=O) groups excluding carboxylic acids is 2. The van der Waals surface area contributed by atoms with Crippen molar-refractivity contribution in [3.8, 4) is 23.0 Å². The van der Waals surface area contributed by atoms with Gasteiger partial charge in [-0.25, -0.2) is 14.4 Å². The van der Waals surface area contributed by atoms with Crippen molar-refractivity contribution in [2.75, 3.05) is 0 Å². The summed E-state index contributed by atoms with van der Waals surface area (Å²) in [6, 6.07) is 31.1. The molecule has 400 valence electrons. The summed E-state index contributed by atoms with van der Waals surface area (Å²) in [5.41, 5.74) is 5.13. The van der Waals surface area contributed by atoms with E-state index in [4.69, 9.17) is 34.0 Å². The smallest absolute Gasteiger partial charge is 0.450 e. The number of hydrogen-bond acceptors (Lipinski definition) is 7. The lowest BCUT2D eigenvalue weighted by Gasteiger charge is -2.08. The third kappa shape index (κ3) is 34.9. The van der Waals surface area contributed by atoms with Gasteiger partial charge in [0, 0.05) is 0 Å². The lowest BCUT2D eigenvalue weighted by molar-refractivity contribution is 0.136. The van der Waals surface area contributed by atoms with E-state index >= 15 is 0 Å². The highest BCUT2D eigenvalue weighted by atomic mass is 16.7. The molecule has 2 N–H and O–H groups in total. The van der Waals surface area contributed by atoms with Crippen molar-refractivity contribution in [2.24, 2.45) is 0 Å². The van der Waals surface area contributed by atoms with Crippen molar-refractivity contribution in [1.82, 2.24) is 0 Å². The summed E-state index contributed by atoms with van der Waals surface area (Å²) < 4.78 is 21.4. The summed E-state index contributed by atoms with van der Waals surface area (Å²) in [5, 5.41) is 13.9. The zero-order chi connectivity index (χ0) is 52.1. The first-order valence-corrected chi connectivity index (χ1v) is 28.2. The molecule has 4 aromatic rings. The Bertz CT molecular complexity index is 1640. The van der Waals surface area contributed by atoms with Gasteiger partial charge in [0.1, 0.15) is 23.0 Å². The molecule has 0 radical (unpaired) electrons. The molecule has 0 aliphatic rings. The maximum Gasteiger partial charge on any atom is 0.519 e. The summed E-state index contributed by atoms with van der Waals surface area (Å²) >= 11 is 0. The minimum absolute atomic E-state index is 0.517. The van der Waals surface area contributed by atoms with Crippen LogP contribution in [0.25, 0.3) is 0 Å². The van der Waals surface area contributed by atoms with E-state index in [1.807, 2.05) is 97.1 Å². The van der Waals surface area contributed by atoms with E-state index in [0.717, 1.165) is 25.7 Å². The van der Waals surface area contributed by atoms with Gasteiger partial charge in [-0.2, -0.15) is 0 Å². The third-order valence-corrected chi connectivity index (χ3v) is 12.8. The molecule has 0 atom stereocenters. The molecule has 0 aromatic heterocycles. The van der Waals surface area contributed by atoms with Crippen molar-refractivity contribution in [2.45, 2.75) is 233 Å². The average Bonchev–Trinajstić information content (AvgIpc) is 3.37. The minimum atomic E-state index is -1.83. The maximum atomic E-state index is 12.1. The van der Waals surface area contributed by atoms with Crippen LogP contribution < -0.4 is 18.9 Å². The van der Waals surface area contributed by atoms with Crippen LogP contribution in [-0.4, -0.2) is 28.7 Å². The molecule has 0 spiro atoms. The molecule has 0 saturated carbocycles. The fourth-order valence-corrected chi connectivity index (χ4v) is 8.47. The quantitative estimate of drug-likeness (QED) is 0.0260. The number of benzene rings is 4. The van der Waals surface area contributed by atoms with Gasteiger partial charge in [0.2, 0.25) is 0 Å². The molecule has 9 nitrogen and oxygen atoms in total. The monoisotopic (exact) mass is 995 g/mol. The Kier molecular flexibility index (Phi) is 37.8. The van der Waals surface area contributed by atoms with Gasteiger partial charge in [0.15, 0.2) is 0 Å². The number of rotatable bonds is 36. The summed E-state index contributed by atoms with van der Waals surface area (Å²) in [6.07, 6.45) is 37.8. The van der Waals surface area contributed by atoms with Gasteiger partial charge in [0.25, 0.3) is 0 Å². The number of carboxylic acid groups (broad SMARTS) is 2. The summed E-state index contributed by atoms with van der Waals surface area (Å²) in [7, 11) is 0. The van der Waals surface area contributed by atoms with Crippen molar-refractivity contribution >= 4 is 18.5 Å². The zero-order valence-electron chi connectivity index (χ0n) is 45.1. The lowest BCUT2D eigenvalue weighted by Crippen LogP contribution is -2.13. The number of ether oxygens (including phenoxy) is 4. The number of carbonyl (C=O) groups is 3. The highest BCUT2D eigenvalue weighted by Crippen LogP contribution is 2.21. The summed E-state index contributed by atoms with van der Waals surface area (Å²) in [5.74, 6) is 2.07. The van der Waals surface area contributed by atoms with Crippen LogP contribution in [0.15, 0.2) is 97.1 Å². The van der Waals surface area contributed by atoms with Crippen LogP contribution in [0.1, 0.15) is 230 Å². The number of aryl methyl sites for hydroxylation is 4. The molecule has 0 aliphatic carbocycles. The average molecular weight is 995 g/mol. The van der Waals surface area contributed by atoms with Crippen LogP contribution in [0, 0.1) is 0 Å². The molecule has 9 heteroatoms. The van der Waals surface area contributed by atoms with Crippen LogP contribution in [0.4, 0.5) is 14.4 Å². The zero-order valence-corrected chi connectivity index (χ0v) is 45.1. The molecule has 0 aliphatic heterocycles. The normalized spacial score (nSPS) is 10.6. The molecule has 0 amide bonds. The molecule has 0 bridgehead atoms. The fourth-order valence-electron chi connectivity index (χ4n) is 8.47. The maximum absolute atomic E-state index is 12.1. The Morgan fingerprint density at radius 3 is 0.597 bits per heavy atom. The minimum Gasteiger partial charge on any atom is -0.450 e. The summed E-state index contributed by atoms with van der Waals surface area (Å²) in [4.78, 5) is 32.8. The predicted molar refractivity (Wildman–Crippen MR) is 297 cm³/mol. The lowest BCUT2D eigenvalue weighted by atomic mass is 10.0. The van der Waals surface area contributed by atoms with E-state index in [-0.39, 0.29) is 0 Å². The highest BCUT2D eigenvalue weighted by Gasteiger charge is 2.10. The van der Waals surface area contributed by atoms with Gasteiger partial charge in [-0.1, -0.05) is 230 Å². The fraction of sp³-hybridized carbons (Fsp3) is 0.571. The second kappa shape index (κ2) is 43.3. The van der Waals surface area contributed by atoms with Crippen LogP contribution >= 0.6 is 0 Å².